The minimum atomic E-state index is -0.541. The van der Waals surface area contributed by atoms with Gasteiger partial charge in [-0.15, -0.1) is 0 Å². The molecule has 1 aliphatic rings. The Bertz CT molecular complexity index is 1650. The number of thioether (sulfide) groups is 1. The van der Waals surface area contributed by atoms with Gasteiger partial charge in [0.05, 0.1) is 18.8 Å². The Balaban J connectivity index is 1.10. The van der Waals surface area contributed by atoms with Crippen LogP contribution in [0.1, 0.15) is 46.6 Å². The zero-order valence-electron chi connectivity index (χ0n) is 24.6. The van der Waals surface area contributed by atoms with Gasteiger partial charge in [0.1, 0.15) is 6.33 Å². The van der Waals surface area contributed by atoms with Crippen molar-refractivity contribution in [3.05, 3.63) is 137 Å². The number of hydrogen-bond donors (Lipinski definition) is 4. The zero-order valence-corrected chi connectivity index (χ0v) is 25.5. The number of ether oxygens (including phenoxy) is 2. The Labute approximate surface area is 266 Å². The van der Waals surface area contributed by atoms with Gasteiger partial charge in [0.2, 0.25) is 0 Å². The lowest BCUT2D eigenvalue weighted by Gasteiger charge is -2.36. The van der Waals surface area contributed by atoms with Crippen LogP contribution < -0.4 is 10.6 Å². The Morgan fingerprint density at radius 1 is 0.822 bits per heavy atom. The molecule has 6 rings (SSSR count). The number of benzene rings is 4. The van der Waals surface area contributed by atoms with E-state index in [1.54, 1.807) is 11.8 Å². The Morgan fingerprint density at radius 2 is 1.56 bits per heavy atom. The van der Waals surface area contributed by atoms with Crippen LogP contribution >= 0.6 is 11.8 Å². The summed E-state index contributed by atoms with van der Waals surface area (Å²) in [7, 11) is 0. The lowest BCUT2D eigenvalue weighted by molar-refractivity contribution is -0.245. The summed E-state index contributed by atoms with van der Waals surface area (Å²) >= 11 is 1.57. The minimum Gasteiger partial charge on any atom is -0.392 e. The van der Waals surface area contributed by atoms with Crippen LogP contribution in [0.25, 0.3) is 11.1 Å². The van der Waals surface area contributed by atoms with Gasteiger partial charge in [0.15, 0.2) is 11.4 Å². The fraction of sp³-hybridized carbons (Fsp3) is 0.229. The molecule has 5 aromatic rings. The molecule has 1 aromatic heterocycles. The molecule has 0 aliphatic carbocycles. The molecule has 4 aromatic carbocycles. The average molecular weight is 622 g/mol. The van der Waals surface area contributed by atoms with Gasteiger partial charge in [-0.25, -0.2) is 9.78 Å². The van der Waals surface area contributed by atoms with Gasteiger partial charge >= 0.3 is 6.03 Å². The summed E-state index contributed by atoms with van der Waals surface area (Å²) in [5, 5.41) is 22.9. The number of H-pyrrole nitrogens is 1. The van der Waals surface area contributed by atoms with E-state index in [-0.39, 0.29) is 24.8 Å². The summed E-state index contributed by atoms with van der Waals surface area (Å²) in [5.41, 5.74) is 7.01. The molecule has 3 atom stereocenters. The van der Waals surface area contributed by atoms with E-state index in [1.165, 1.54) is 6.33 Å². The lowest BCUT2D eigenvalue weighted by atomic mass is 9.99. The molecule has 1 saturated heterocycles. The molecule has 1 fully saturated rings. The van der Waals surface area contributed by atoms with Crippen LogP contribution in [0.2, 0.25) is 0 Å². The molecule has 10 heteroatoms. The van der Waals surface area contributed by atoms with Crippen LogP contribution in [-0.4, -0.2) is 38.2 Å². The number of carbonyl (C=O) groups is 1. The second-order valence-corrected chi connectivity index (χ2v) is 11.8. The first-order chi connectivity index (χ1) is 22.1. The van der Waals surface area contributed by atoms with E-state index < -0.39 is 6.29 Å². The highest BCUT2D eigenvalue weighted by atomic mass is 32.2. The highest BCUT2D eigenvalue weighted by Gasteiger charge is 2.32. The van der Waals surface area contributed by atoms with E-state index in [4.69, 9.17) is 9.47 Å². The molecular weight excluding hydrogens is 586 g/mol. The quantitative estimate of drug-likeness (QED) is 0.128. The first kappa shape index (κ1) is 30.5. The van der Waals surface area contributed by atoms with E-state index in [2.05, 4.69) is 50.1 Å². The molecule has 2 heterocycles. The number of urea groups is 1. The second kappa shape index (κ2) is 15.0. The van der Waals surface area contributed by atoms with E-state index in [0.29, 0.717) is 25.3 Å². The van der Waals surface area contributed by atoms with Gasteiger partial charge in [-0.2, -0.15) is 5.10 Å². The molecule has 0 saturated carbocycles. The molecule has 2 amide bonds. The normalized spacial score (nSPS) is 17.9. The first-order valence-electron chi connectivity index (χ1n) is 14.9. The highest BCUT2D eigenvalue weighted by Crippen LogP contribution is 2.39. The third-order valence-corrected chi connectivity index (χ3v) is 8.61. The maximum atomic E-state index is 12.3. The van der Waals surface area contributed by atoms with Crippen LogP contribution in [0, 0.1) is 0 Å². The highest BCUT2D eigenvalue weighted by molar-refractivity contribution is 7.99. The molecule has 230 valence electrons. The summed E-state index contributed by atoms with van der Waals surface area (Å²) in [6.45, 7) is 0.902. The predicted octanol–water partition coefficient (Wildman–Crippen LogP) is 6.30. The zero-order chi connectivity index (χ0) is 30.8. The largest absolute Gasteiger partial charge is 0.392 e. The summed E-state index contributed by atoms with van der Waals surface area (Å²) in [6, 6.07) is 33.9. The fourth-order valence-corrected chi connectivity index (χ4v) is 5.97. The van der Waals surface area contributed by atoms with E-state index in [1.807, 2.05) is 78.9 Å². The second-order valence-electron chi connectivity index (χ2n) is 10.8. The van der Waals surface area contributed by atoms with Gasteiger partial charge in [0, 0.05) is 30.8 Å². The van der Waals surface area contributed by atoms with Crippen molar-refractivity contribution in [3.63, 3.8) is 0 Å². The number of carbonyl (C=O) groups excluding carboxylic acids is 1. The van der Waals surface area contributed by atoms with Gasteiger partial charge in [-0.3, -0.25) is 5.10 Å². The van der Waals surface area contributed by atoms with Crippen molar-refractivity contribution in [1.82, 2.24) is 25.8 Å². The van der Waals surface area contributed by atoms with E-state index in [0.717, 1.165) is 44.1 Å². The summed E-state index contributed by atoms with van der Waals surface area (Å²) in [4.78, 5) is 16.6. The van der Waals surface area contributed by atoms with Crippen LogP contribution in [0.3, 0.4) is 0 Å². The van der Waals surface area contributed by atoms with E-state index in [9.17, 15) is 9.90 Å². The number of aliphatic hydroxyl groups is 1. The summed E-state index contributed by atoms with van der Waals surface area (Å²) in [6.07, 6.45) is 1.42. The third kappa shape index (κ3) is 8.37. The number of hydrogen-bond acceptors (Lipinski definition) is 7. The van der Waals surface area contributed by atoms with E-state index >= 15 is 0 Å². The number of amides is 2. The molecule has 0 bridgehead atoms. The number of nitrogens with zero attached hydrogens (tertiary/aromatic N) is 2. The van der Waals surface area contributed by atoms with Crippen LogP contribution in [0.5, 0.6) is 0 Å². The monoisotopic (exact) mass is 621 g/mol. The molecule has 0 spiro atoms. The van der Waals surface area contributed by atoms with Crippen molar-refractivity contribution in [3.8, 4) is 11.1 Å². The Kier molecular flexibility index (Phi) is 10.2. The molecule has 9 nitrogen and oxygen atoms in total. The Morgan fingerprint density at radius 3 is 2.29 bits per heavy atom. The maximum Gasteiger partial charge on any atom is 0.315 e. The van der Waals surface area contributed by atoms with Crippen LogP contribution in [0.15, 0.2) is 115 Å². The lowest BCUT2D eigenvalue weighted by Crippen LogP contribution is -2.34. The van der Waals surface area contributed by atoms with Gasteiger partial charge in [-0.05, 0) is 39.4 Å². The third-order valence-electron chi connectivity index (χ3n) is 7.61. The molecule has 0 radical (unpaired) electrons. The predicted molar refractivity (Wildman–Crippen MR) is 173 cm³/mol. The van der Waals surface area contributed by atoms with Crippen molar-refractivity contribution < 1.29 is 19.4 Å². The van der Waals surface area contributed by atoms with Gasteiger partial charge in [-0.1, -0.05) is 109 Å². The number of nitrogens with one attached hydrogen (secondary N) is 3. The fourth-order valence-electron chi connectivity index (χ4n) is 5.18. The molecule has 4 N–H and O–H groups in total. The maximum absolute atomic E-state index is 12.3. The molecular formula is C35H35N5O4S. The van der Waals surface area contributed by atoms with Gasteiger partial charge in [0.25, 0.3) is 0 Å². The van der Waals surface area contributed by atoms with Crippen molar-refractivity contribution in [2.45, 2.75) is 49.8 Å². The first-order valence-corrected chi connectivity index (χ1v) is 15.8. The summed E-state index contributed by atoms with van der Waals surface area (Å²) < 4.78 is 12.9. The smallest absolute Gasteiger partial charge is 0.315 e. The standard InChI is InChI=1S/C35H35N5O4S/c41-21-25-9-11-28(12-10-25)32-18-31(22-45-35-38-23-39-40-35)43-33(44-32)29-15-13-27(14-16-29)30-8-4-7-26(17-30)20-37-34(42)36-19-24-5-2-1-3-6-24/h1-17,23,31-33,41H,18-22H2,(H2,36,37,42)(H,38,39,40). The topological polar surface area (TPSA) is 121 Å². The van der Waals surface area contributed by atoms with Crippen molar-refractivity contribution in [2.75, 3.05) is 5.75 Å². The number of rotatable bonds is 11. The van der Waals surface area contributed by atoms with Crippen molar-refractivity contribution in [2.24, 2.45) is 0 Å². The van der Waals surface area contributed by atoms with Crippen molar-refractivity contribution >= 4 is 17.8 Å². The van der Waals surface area contributed by atoms with Crippen molar-refractivity contribution in [1.29, 1.82) is 0 Å². The number of aromatic nitrogens is 3. The van der Waals surface area contributed by atoms with Gasteiger partial charge < -0.3 is 25.2 Å². The average Bonchev–Trinajstić information content (AvgIpc) is 3.63. The summed E-state index contributed by atoms with van der Waals surface area (Å²) in [5.74, 6) is 0.698. The van der Waals surface area contributed by atoms with Crippen LogP contribution in [0.4, 0.5) is 4.79 Å². The molecule has 3 unspecified atom stereocenters. The molecule has 45 heavy (non-hydrogen) atoms. The number of aliphatic hydroxyl groups excluding tert-OH is 1. The molecule has 1 aliphatic heterocycles. The minimum absolute atomic E-state index is 0.00381. The SMILES string of the molecule is O=C(NCc1ccccc1)NCc1cccc(-c2ccc(C3OC(CSc4ncn[nH]4)CC(c4ccc(CO)cc4)O3)cc2)c1. The van der Waals surface area contributed by atoms with Crippen LogP contribution in [-0.2, 0) is 29.2 Å². The number of aromatic amines is 1. The Hall–Kier alpha value is -4.48.